The highest BCUT2D eigenvalue weighted by Gasteiger charge is 2.46. The molecule has 3 aliphatic rings. The monoisotopic (exact) mass is 298 g/mol. The molecular formula is C18H22N2O2. The summed E-state index contributed by atoms with van der Waals surface area (Å²) < 4.78 is 0. The van der Waals surface area contributed by atoms with Crippen LogP contribution in [0.4, 0.5) is 0 Å². The van der Waals surface area contributed by atoms with Gasteiger partial charge in [-0.05, 0) is 56.4 Å². The Kier molecular flexibility index (Phi) is 4.15. The Morgan fingerprint density at radius 2 is 2.14 bits per heavy atom. The lowest BCUT2D eigenvalue weighted by atomic mass is 9.58. The molecule has 1 saturated carbocycles. The molecular weight excluding hydrogens is 276 g/mol. The summed E-state index contributed by atoms with van der Waals surface area (Å²) in [6, 6.07) is 2.24. The first-order valence-electron chi connectivity index (χ1n) is 8.19. The van der Waals surface area contributed by atoms with Gasteiger partial charge in [0.1, 0.15) is 0 Å². The number of nitrogens with zero attached hydrogens (tertiary/aromatic N) is 1. The van der Waals surface area contributed by atoms with E-state index in [1.54, 1.807) is 6.08 Å². The summed E-state index contributed by atoms with van der Waals surface area (Å²) in [6.45, 7) is 2.03. The van der Waals surface area contributed by atoms with Crippen molar-refractivity contribution >= 4 is 11.7 Å². The Morgan fingerprint density at radius 3 is 2.91 bits per heavy atom. The van der Waals surface area contributed by atoms with Gasteiger partial charge >= 0.3 is 0 Å². The highest BCUT2D eigenvalue weighted by molar-refractivity contribution is 5.94. The molecule has 0 spiro atoms. The van der Waals surface area contributed by atoms with E-state index in [9.17, 15) is 9.59 Å². The van der Waals surface area contributed by atoms with E-state index in [2.05, 4.69) is 11.4 Å². The largest absolute Gasteiger partial charge is 0.333 e. The van der Waals surface area contributed by atoms with Crippen molar-refractivity contribution in [3.8, 4) is 6.07 Å². The second kappa shape index (κ2) is 6.08. The molecule has 2 aliphatic carbocycles. The van der Waals surface area contributed by atoms with Gasteiger partial charge in [0.2, 0.25) is 5.91 Å². The van der Waals surface area contributed by atoms with Crippen LogP contribution in [-0.4, -0.2) is 11.7 Å². The lowest BCUT2D eigenvalue weighted by molar-refractivity contribution is -0.125. The average molecular weight is 298 g/mol. The molecule has 0 saturated heterocycles. The van der Waals surface area contributed by atoms with Crippen LogP contribution in [0.15, 0.2) is 23.4 Å². The summed E-state index contributed by atoms with van der Waals surface area (Å²) in [5.74, 6) is 1.14. The summed E-state index contributed by atoms with van der Waals surface area (Å²) >= 11 is 0. The van der Waals surface area contributed by atoms with Crippen molar-refractivity contribution in [1.82, 2.24) is 5.32 Å². The zero-order valence-corrected chi connectivity index (χ0v) is 13.0. The predicted molar refractivity (Wildman–Crippen MR) is 82.3 cm³/mol. The summed E-state index contributed by atoms with van der Waals surface area (Å²) in [7, 11) is 0. The standard InChI is InChI=1S/C18H22N2O2/c1-11-9-16(21)18-14-6-7-17(22)20-10-12(14)4-5-15(18)13(11)3-2-8-19/h9-10,13-15,18H,2-7H2,1H3,(H,20,22)/t13-,14?,15?,18?/m1/s1. The van der Waals surface area contributed by atoms with Crippen molar-refractivity contribution < 1.29 is 9.59 Å². The summed E-state index contributed by atoms with van der Waals surface area (Å²) in [6.07, 6.45) is 8.23. The van der Waals surface area contributed by atoms with Crippen LogP contribution in [0.1, 0.15) is 45.4 Å². The zero-order chi connectivity index (χ0) is 15.7. The fraction of sp³-hybridized carbons (Fsp3) is 0.611. The number of nitrogens with one attached hydrogen (secondary N) is 1. The van der Waals surface area contributed by atoms with E-state index < -0.39 is 0 Å². The van der Waals surface area contributed by atoms with Crippen molar-refractivity contribution in [2.24, 2.45) is 23.7 Å². The molecule has 0 radical (unpaired) electrons. The molecule has 116 valence electrons. The van der Waals surface area contributed by atoms with E-state index in [0.717, 1.165) is 31.3 Å². The van der Waals surface area contributed by atoms with Crippen molar-refractivity contribution in [2.45, 2.75) is 45.4 Å². The molecule has 3 rings (SSSR count). The number of rotatable bonds is 2. The van der Waals surface area contributed by atoms with Crippen LogP contribution >= 0.6 is 0 Å². The highest BCUT2D eigenvalue weighted by Crippen LogP contribution is 2.49. The number of ketones is 1. The number of amides is 1. The van der Waals surface area contributed by atoms with Crippen LogP contribution < -0.4 is 5.32 Å². The Morgan fingerprint density at radius 1 is 1.32 bits per heavy atom. The molecule has 4 nitrogen and oxygen atoms in total. The number of carbonyl (C=O) groups is 2. The molecule has 1 N–H and O–H groups in total. The molecule has 4 atom stereocenters. The molecule has 1 amide bonds. The summed E-state index contributed by atoms with van der Waals surface area (Å²) in [5.41, 5.74) is 2.36. The van der Waals surface area contributed by atoms with Crippen LogP contribution in [0.25, 0.3) is 0 Å². The van der Waals surface area contributed by atoms with Gasteiger partial charge in [-0.2, -0.15) is 5.26 Å². The van der Waals surface area contributed by atoms with Gasteiger partial charge in [0.05, 0.1) is 6.07 Å². The first-order valence-corrected chi connectivity index (χ1v) is 8.19. The minimum absolute atomic E-state index is 0.0000860. The third-order valence-electron chi connectivity index (χ3n) is 5.61. The first kappa shape index (κ1) is 15.0. The maximum atomic E-state index is 12.6. The van der Waals surface area contributed by atoms with Gasteiger partial charge in [-0.25, -0.2) is 0 Å². The third kappa shape index (κ3) is 2.61. The maximum absolute atomic E-state index is 12.6. The van der Waals surface area contributed by atoms with Gasteiger partial charge < -0.3 is 5.32 Å². The van der Waals surface area contributed by atoms with E-state index in [1.807, 2.05) is 13.1 Å². The quantitative estimate of drug-likeness (QED) is 0.852. The molecule has 3 unspecified atom stereocenters. The second-order valence-electron chi connectivity index (χ2n) is 6.75. The minimum atomic E-state index is 0.0000860. The van der Waals surface area contributed by atoms with Gasteiger partial charge in [0.25, 0.3) is 0 Å². The van der Waals surface area contributed by atoms with Gasteiger partial charge in [0.15, 0.2) is 5.78 Å². The van der Waals surface area contributed by atoms with Gasteiger partial charge in [0, 0.05) is 25.0 Å². The number of allylic oxidation sites excluding steroid dienone is 3. The number of hydrogen-bond acceptors (Lipinski definition) is 3. The summed E-state index contributed by atoms with van der Waals surface area (Å²) in [5, 5.41) is 11.7. The van der Waals surface area contributed by atoms with Gasteiger partial charge in [-0.1, -0.05) is 11.1 Å². The molecule has 1 fully saturated rings. The van der Waals surface area contributed by atoms with E-state index in [4.69, 9.17) is 5.26 Å². The van der Waals surface area contributed by atoms with Gasteiger partial charge in [-0.15, -0.1) is 0 Å². The highest BCUT2D eigenvalue weighted by atomic mass is 16.1. The molecule has 0 bridgehead atoms. The molecule has 22 heavy (non-hydrogen) atoms. The minimum Gasteiger partial charge on any atom is -0.333 e. The molecule has 0 aromatic rings. The van der Waals surface area contributed by atoms with Crippen molar-refractivity contribution in [3.05, 3.63) is 23.4 Å². The Labute approximate surface area is 131 Å². The van der Waals surface area contributed by atoms with Crippen molar-refractivity contribution in [1.29, 1.82) is 5.26 Å². The molecule has 0 aromatic carbocycles. The number of hydrogen-bond donors (Lipinski definition) is 1. The maximum Gasteiger partial charge on any atom is 0.223 e. The fourth-order valence-electron chi connectivity index (χ4n) is 4.59. The first-order chi connectivity index (χ1) is 10.6. The Bertz CT molecular complexity index is 597. The number of nitriles is 1. The van der Waals surface area contributed by atoms with E-state index in [0.29, 0.717) is 24.7 Å². The normalized spacial score (nSPS) is 34.4. The Hall–Kier alpha value is -1.89. The average Bonchev–Trinajstić information content (AvgIpc) is 2.68. The van der Waals surface area contributed by atoms with E-state index in [-0.39, 0.29) is 23.5 Å². The van der Waals surface area contributed by atoms with Crippen molar-refractivity contribution in [3.63, 3.8) is 0 Å². The van der Waals surface area contributed by atoms with E-state index >= 15 is 0 Å². The lowest BCUT2D eigenvalue weighted by Gasteiger charge is -2.44. The molecule has 4 heteroatoms. The molecule has 0 aromatic heterocycles. The topological polar surface area (TPSA) is 70.0 Å². The van der Waals surface area contributed by atoms with Crippen LogP contribution in [-0.2, 0) is 9.59 Å². The van der Waals surface area contributed by atoms with Crippen LogP contribution in [0, 0.1) is 35.0 Å². The molecule has 1 aliphatic heterocycles. The van der Waals surface area contributed by atoms with Crippen molar-refractivity contribution in [2.75, 3.05) is 0 Å². The SMILES string of the molecule is CC1=CC(=O)C2C3CCC(=O)NC=C3CCC2[C@@H]1CCC#N. The van der Waals surface area contributed by atoms with Crippen LogP contribution in [0.3, 0.4) is 0 Å². The van der Waals surface area contributed by atoms with Gasteiger partial charge in [-0.3, -0.25) is 9.59 Å². The fourth-order valence-corrected chi connectivity index (χ4v) is 4.59. The predicted octanol–water partition coefficient (Wildman–Crippen LogP) is 2.87. The second-order valence-corrected chi connectivity index (χ2v) is 6.75. The third-order valence-corrected chi connectivity index (χ3v) is 5.61. The lowest BCUT2D eigenvalue weighted by Crippen LogP contribution is -2.42. The number of fused-ring (bicyclic) bond motifs is 3. The van der Waals surface area contributed by atoms with Crippen LogP contribution in [0.2, 0.25) is 0 Å². The zero-order valence-electron chi connectivity index (χ0n) is 13.0. The van der Waals surface area contributed by atoms with E-state index in [1.165, 1.54) is 5.57 Å². The van der Waals surface area contributed by atoms with Crippen LogP contribution in [0.5, 0.6) is 0 Å². The molecule has 1 heterocycles. The number of carbonyl (C=O) groups excluding carboxylic acids is 2. The smallest absolute Gasteiger partial charge is 0.223 e. The summed E-state index contributed by atoms with van der Waals surface area (Å²) in [4.78, 5) is 24.3. The Balaban J connectivity index is 1.90.